The number of hydrogen-bond acceptors (Lipinski definition) is 3. The zero-order valence-electron chi connectivity index (χ0n) is 16.8. The molecule has 31 heavy (non-hydrogen) atoms. The van der Waals surface area contributed by atoms with Gasteiger partial charge in [0.15, 0.2) is 0 Å². The molecule has 1 aliphatic rings. The number of carbonyl (C=O) groups is 2. The van der Waals surface area contributed by atoms with Gasteiger partial charge in [-0.05, 0) is 66.1 Å². The van der Waals surface area contributed by atoms with Crippen molar-refractivity contribution in [2.45, 2.75) is 18.8 Å². The number of nitrogens with one attached hydrogen (secondary N) is 1. The highest BCUT2D eigenvalue weighted by Gasteiger charge is 2.32. The molecule has 0 bridgehead atoms. The molecule has 4 rings (SSSR count). The molecule has 1 N–H and O–H groups in total. The van der Waals surface area contributed by atoms with E-state index in [0.29, 0.717) is 27.9 Å². The topological polar surface area (TPSA) is 49.4 Å². The number of aryl methyl sites for hydroxylation is 1. The van der Waals surface area contributed by atoms with E-state index in [4.69, 9.17) is 23.2 Å². The molecule has 3 aromatic carbocycles. The lowest BCUT2D eigenvalue weighted by molar-refractivity contribution is -0.128. The van der Waals surface area contributed by atoms with Crippen molar-refractivity contribution in [2.75, 3.05) is 11.1 Å². The van der Waals surface area contributed by atoms with Gasteiger partial charge in [-0.15, -0.1) is 11.8 Å². The van der Waals surface area contributed by atoms with Crippen LogP contribution in [0.15, 0.2) is 66.7 Å². The highest BCUT2D eigenvalue weighted by Crippen LogP contribution is 2.39. The Morgan fingerprint density at radius 2 is 1.71 bits per heavy atom. The maximum Gasteiger partial charge on any atom is 0.255 e. The van der Waals surface area contributed by atoms with E-state index in [1.807, 2.05) is 54.3 Å². The molecule has 0 aromatic heterocycles. The molecule has 7 heteroatoms. The lowest BCUT2D eigenvalue weighted by Crippen LogP contribution is -2.27. The Hall–Kier alpha value is -2.47. The summed E-state index contributed by atoms with van der Waals surface area (Å²) in [6.07, 6.45) is 0. The fourth-order valence-electron chi connectivity index (χ4n) is 3.45. The Morgan fingerprint density at radius 1 is 1.03 bits per heavy atom. The summed E-state index contributed by atoms with van der Waals surface area (Å²) in [5.74, 6) is 0.353. The van der Waals surface area contributed by atoms with Crippen LogP contribution in [0.1, 0.15) is 32.4 Å². The van der Waals surface area contributed by atoms with Gasteiger partial charge in [-0.2, -0.15) is 0 Å². The minimum absolute atomic E-state index is 0.0844. The summed E-state index contributed by atoms with van der Waals surface area (Å²) in [6.45, 7) is 2.42. The van der Waals surface area contributed by atoms with Crippen molar-refractivity contribution in [2.24, 2.45) is 0 Å². The van der Waals surface area contributed by atoms with E-state index in [-0.39, 0.29) is 17.2 Å². The summed E-state index contributed by atoms with van der Waals surface area (Å²) < 4.78 is 0. The SMILES string of the molecule is Cc1cc(Cl)ccc1NC(=O)c1ccc([C@@H]2SCC(=O)N2Cc2ccc(Cl)cc2)cc1. The van der Waals surface area contributed by atoms with E-state index in [1.165, 1.54) is 0 Å². The number of carbonyl (C=O) groups excluding carboxylic acids is 2. The van der Waals surface area contributed by atoms with Crippen LogP contribution >= 0.6 is 35.0 Å². The normalized spacial score (nSPS) is 15.9. The van der Waals surface area contributed by atoms with Gasteiger partial charge in [-0.25, -0.2) is 0 Å². The van der Waals surface area contributed by atoms with Gasteiger partial charge in [-0.3, -0.25) is 9.59 Å². The molecule has 1 aliphatic heterocycles. The fourth-order valence-corrected chi connectivity index (χ4v) is 4.99. The number of anilines is 1. The van der Waals surface area contributed by atoms with Crippen LogP contribution in [0.4, 0.5) is 5.69 Å². The maximum absolute atomic E-state index is 12.6. The van der Waals surface area contributed by atoms with Gasteiger partial charge >= 0.3 is 0 Å². The van der Waals surface area contributed by atoms with Crippen molar-refractivity contribution in [1.82, 2.24) is 4.90 Å². The second-order valence-electron chi connectivity index (χ2n) is 7.35. The molecule has 1 heterocycles. The third-order valence-corrected chi connectivity index (χ3v) is 6.87. The van der Waals surface area contributed by atoms with Crippen LogP contribution in [0.3, 0.4) is 0 Å². The van der Waals surface area contributed by atoms with Crippen LogP contribution in [0, 0.1) is 6.92 Å². The van der Waals surface area contributed by atoms with Gasteiger partial charge in [0.25, 0.3) is 5.91 Å². The molecule has 0 spiro atoms. The van der Waals surface area contributed by atoms with Crippen molar-refractivity contribution in [3.05, 3.63) is 99.0 Å². The molecule has 4 nitrogen and oxygen atoms in total. The summed E-state index contributed by atoms with van der Waals surface area (Å²) in [5.41, 5.74) is 4.20. The number of amides is 2. The maximum atomic E-state index is 12.6. The van der Waals surface area contributed by atoms with E-state index in [2.05, 4.69) is 5.32 Å². The summed E-state index contributed by atoms with van der Waals surface area (Å²) in [5, 5.41) is 4.14. The first-order chi connectivity index (χ1) is 14.9. The van der Waals surface area contributed by atoms with E-state index in [1.54, 1.807) is 36.0 Å². The Kier molecular flexibility index (Phi) is 6.56. The highest BCUT2D eigenvalue weighted by molar-refractivity contribution is 8.00. The van der Waals surface area contributed by atoms with Gasteiger partial charge in [0, 0.05) is 27.8 Å². The second kappa shape index (κ2) is 9.35. The molecule has 1 atom stereocenters. The molecular formula is C24H20Cl2N2O2S. The van der Waals surface area contributed by atoms with Gasteiger partial charge in [-0.1, -0.05) is 47.5 Å². The van der Waals surface area contributed by atoms with Crippen LogP contribution in [0.2, 0.25) is 10.0 Å². The fraction of sp³-hybridized carbons (Fsp3) is 0.167. The summed E-state index contributed by atoms with van der Waals surface area (Å²) in [7, 11) is 0. The van der Waals surface area contributed by atoms with Crippen LogP contribution in [-0.2, 0) is 11.3 Å². The molecule has 0 saturated carbocycles. The first-order valence-corrected chi connectivity index (χ1v) is 11.5. The minimum atomic E-state index is -0.190. The van der Waals surface area contributed by atoms with Gasteiger partial charge in [0.1, 0.15) is 5.37 Å². The first kappa shape index (κ1) is 21.8. The summed E-state index contributed by atoms with van der Waals surface area (Å²) in [4.78, 5) is 27.0. The van der Waals surface area contributed by atoms with Crippen LogP contribution in [0.5, 0.6) is 0 Å². The Morgan fingerprint density at radius 3 is 2.39 bits per heavy atom. The lowest BCUT2D eigenvalue weighted by Gasteiger charge is -2.24. The minimum Gasteiger partial charge on any atom is -0.322 e. The Bertz CT molecular complexity index is 1120. The molecule has 2 amide bonds. The van der Waals surface area contributed by atoms with Crippen molar-refractivity contribution < 1.29 is 9.59 Å². The van der Waals surface area contributed by atoms with Crippen LogP contribution < -0.4 is 5.32 Å². The summed E-state index contributed by atoms with van der Waals surface area (Å²) >= 11 is 13.5. The van der Waals surface area contributed by atoms with Crippen molar-refractivity contribution in [1.29, 1.82) is 0 Å². The Labute approximate surface area is 195 Å². The predicted molar refractivity (Wildman–Crippen MR) is 128 cm³/mol. The number of halogens is 2. The molecule has 0 aliphatic carbocycles. The van der Waals surface area contributed by atoms with E-state index in [0.717, 1.165) is 22.4 Å². The zero-order valence-corrected chi connectivity index (χ0v) is 19.1. The lowest BCUT2D eigenvalue weighted by atomic mass is 10.1. The van der Waals surface area contributed by atoms with E-state index in [9.17, 15) is 9.59 Å². The van der Waals surface area contributed by atoms with Crippen LogP contribution in [0.25, 0.3) is 0 Å². The second-order valence-corrected chi connectivity index (χ2v) is 9.29. The average Bonchev–Trinajstić information content (AvgIpc) is 3.12. The number of thioether (sulfide) groups is 1. The smallest absolute Gasteiger partial charge is 0.255 e. The number of hydrogen-bond donors (Lipinski definition) is 1. The molecular weight excluding hydrogens is 451 g/mol. The van der Waals surface area contributed by atoms with Gasteiger partial charge < -0.3 is 10.2 Å². The molecule has 158 valence electrons. The number of benzene rings is 3. The number of rotatable bonds is 5. The standard InChI is InChI=1S/C24H20Cl2N2O2S/c1-15-12-20(26)10-11-21(15)27-23(30)17-4-6-18(7-5-17)24-28(22(29)14-31-24)13-16-2-8-19(25)9-3-16/h2-12,24H,13-14H2,1H3,(H,27,30)/t24-/m0/s1. The summed E-state index contributed by atoms with van der Waals surface area (Å²) in [6, 6.07) is 20.3. The van der Waals surface area contributed by atoms with Crippen molar-refractivity contribution in [3.8, 4) is 0 Å². The van der Waals surface area contributed by atoms with E-state index < -0.39 is 0 Å². The molecule has 1 saturated heterocycles. The molecule has 0 unspecified atom stereocenters. The van der Waals surface area contributed by atoms with Crippen LogP contribution in [-0.4, -0.2) is 22.5 Å². The first-order valence-electron chi connectivity index (χ1n) is 9.74. The third kappa shape index (κ3) is 5.06. The monoisotopic (exact) mass is 470 g/mol. The zero-order chi connectivity index (χ0) is 22.0. The van der Waals surface area contributed by atoms with Crippen molar-refractivity contribution >= 4 is 52.5 Å². The average molecular weight is 471 g/mol. The molecule has 1 fully saturated rings. The largest absolute Gasteiger partial charge is 0.322 e. The quantitative estimate of drug-likeness (QED) is 0.473. The predicted octanol–water partition coefficient (Wildman–Crippen LogP) is 6.33. The highest BCUT2D eigenvalue weighted by atomic mass is 35.5. The van der Waals surface area contributed by atoms with Crippen molar-refractivity contribution in [3.63, 3.8) is 0 Å². The molecule has 0 radical (unpaired) electrons. The third-order valence-electron chi connectivity index (χ3n) is 5.13. The van der Waals surface area contributed by atoms with Gasteiger partial charge in [0.2, 0.25) is 5.91 Å². The Balaban J connectivity index is 1.48. The van der Waals surface area contributed by atoms with Gasteiger partial charge in [0.05, 0.1) is 5.75 Å². The molecule has 3 aromatic rings. The van der Waals surface area contributed by atoms with E-state index >= 15 is 0 Å². The number of nitrogens with zero attached hydrogens (tertiary/aromatic N) is 1.